The van der Waals surface area contributed by atoms with Gasteiger partial charge in [-0.1, -0.05) is 30.1 Å². The molecule has 0 fully saturated rings. The molecule has 0 aromatic heterocycles. The molecule has 1 aromatic carbocycles. The predicted octanol–water partition coefficient (Wildman–Crippen LogP) is 2.69. The first kappa shape index (κ1) is 22.2. The normalized spacial score (nSPS) is 20.4. The minimum absolute atomic E-state index is 0.00332. The van der Waals surface area contributed by atoms with Gasteiger partial charge in [-0.3, -0.25) is 9.59 Å². The first-order valence-electron chi connectivity index (χ1n) is 8.74. The zero-order valence-corrected chi connectivity index (χ0v) is 16.7. The van der Waals surface area contributed by atoms with Crippen LogP contribution in [0, 0.1) is 11.8 Å². The lowest BCUT2D eigenvalue weighted by molar-refractivity contribution is -0.145. The summed E-state index contributed by atoms with van der Waals surface area (Å²) < 4.78 is 5.37. The first-order valence-corrected chi connectivity index (χ1v) is 9.50. The molecule has 0 aliphatic heterocycles. The van der Waals surface area contributed by atoms with Crippen LogP contribution in [0.1, 0.15) is 31.7 Å². The summed E-state index contributed by atoms with van der Waals surface area (Å²) in [5.41, 5.74) is 6.47. The summed E-state index contributed by atoms with van der Waals surface area (Å²) in [4.78, 5) is 35.0. The van der Waals surface area contributed by atoms with Gasteiger partial charge < -0.3 is 20.7 Å². The summed E-state index contributed by atoms with van der Waals surface area (Å²) in [6, 6.07) is 3.06. The second-order valence-electron chi connectivity index (χ2n) is 6.49. The van der Waals surface area contributed by atoms with Gasteiger partial charge in [0.15, 0.2) is 11.9 Å². The van der Waals surface area contributed by atoms with E-state index >= 15 is 0 Å². The van der Waals surface area contributed by atoms with Crippen LogP contribution in [-0.2, 0) is 14.4 Å². The molecule has 152 valence electrons. The lowest BCUT2D eigenvalue weighted by Gasteiger charge is -2.28. The number of hydrogen-bond acceptors (Lipinski definition) is 5. The van der Waals surface area contributed by atoms with Gasteiger partial charge in [-0.15, -0.1) is 0 Å². The number of carboxylic acids is 1. The number of hydrogen-bond donors (Lipinski definition) is 3. The third kappa shape index (κ3) is 4.66. The van der Waals surface area contributed by atoms with Gasteiger partial charge in [0, 0.05) is 13.0 Å². The molecule has 0 saturated heterocycles. The zero-order chi connectivity index (χ0) is 21.0. The van der Waals surface area contributed by atoms with Crippen molar-refractivity contribution in [3.05, 3.63) is 33.8 Å². The van der Waals surface area contributed by atoms with Crippen LogP contribution in [0.25, 0.3) is 5.57 Å². The highest BCUT2D eigenvalue weighted by Crippen LogP contribution is 2.43. The van der Waals surface area contributed by atoms with E-state index in [2.05, 4.69) is 0 Å². The number of nitrogens with two attached hydrogens (primary N) is 1. The topological polar surface area (TPSA) is 127 Å². The molecule has 1 amide bonds. The number of amides is 1. The van der Waals surface area contributed by atoms with Gasteiger partial charge in [0.05, 0.1) is 5.02 Å². The van der Waals surface area contributed by atoms with Crippen molar-refractivity contribution in [2.24, 2.45) is 17.6 Å². The lowest BCUT2D eigenvalue weighted by Crippen LogP contribution is -2.34. The van der Waals surface area contributed by atoms with Gasteiger partial charge in [-0.05, 0) is 48.1 Å². The van der Waals surface area contributed by atoms with Crippen molar-refractivity contribution in [1.82, 2.24) is 0 Å². The monoisotopic (exact) mass is 429 g/mol. The number of primary amides is 1. The van der Waals surface area contributed by atoms with Crippen LogP contribution in [0.2, 0.25) is 10.0 Å². The molecule has 0 radical (unpaired) electrons. The van der Waals surface area contributed by atoms with Gasteiger partial charge in [0.25, 0.3) is 0 Å². The Hall–Kier alpha value is -2.09. The molecule has 1 aliphatic carbocycles. The van der Waals surface area contributed by atoms with Crippen LogP contribution in [0.3, 0.4) is 0 Å². The summed E-state index contributed by atoms with van der Waals surface area (Å²) in [5, 5.41) is 18.2. The van der Waals surface area contributed by atoms with E-state index in [1.807, 2.05) is 6.92 Å². The van der Waals surface area contributed by atoms with Crippen LogP contribution >= 0.6 is 23.2 Å². The number of ketones is 1. The molecule has 9 heteroatoms. The van der Waals surface area contributed by atoms with Gasteiger partial charge in [0.2, 0.25) is 5.91 Å². The number of aliphatic hydroxyl groups excluding tert-OH is 1. The van der Waals surface area contributed by atoms with Gasteiger partial charge in [-0.2, -0.15) is 0 Å². The number of carbonyl (C=O) groups excluding carboxylic acids is 2. The highest BCUT2D eigenvalue weighted by molar-refractivity contribution is 6.44. The Morgan fingerprint density at radius 1 is 1.32 bits per heavy atom. The van der Waals surface area contributed by atoms with Gasteiger partial charge >= 0.3 is 5.97 Å². The van der Waals surface area contributed by atoms with Gasteiger partial charge in [0.1, 0.15) is 16.7 Å². The van der Waals surface area contributed by atoms with E-state index in [1.54, 1.807) is 6.07 Å². The Kier molecular flexibility index (Phi) is 7.46. The summed E-state index contributed by atoms with van der Waals surface area (Å²) in [6.07, 6.45) is 0.931. The molecule has 28 heavy (non-hydrogen) atoms. The third-order valence-electron chi connectivity index (χ3n) is 4.73. The molecule has 0 bridgehead atoms. The van der Waals surface area contributed by atoms with Gasteiger partial charge in [-0.25, -0.2) is 4.79 Å². The molecule has 0 saturated carbocycles. The summed E-state index contributed by atoms with van der Waals surface area (Å²) in [5.74, 6) is -3.20. The van der Waals surface area contributed by atoms with E-state index in [1.165, 1.54) is 12.1 Å². The number of ether oxygens (including phenoxy) is 1. The lowest BCUT2D eigenvalue weighted by atomic mass is 9.76. The average Bonchev–Trinajstić information content (AvgIpc) is 2.64. The van der Waals surface area contributed by atoms with Crippen molar-refractivity contribution in [3.63, 3.8) is 0 Å². The number of rotatable bonds is 8. The highest BCUT2D eigenvalue weighted by atomic mass is 35.5. The second-order valence-corrected chi connectivity index (χ2v) is 7.25. The molecule has 3 unspecified atom stereocenters. The first-order chi connectivity index (χ1) is 13.2. The van der Waals surface area contributed by atoms with E-state index in [-0.39, 0.29) is 40.5 Å². The minimum atomic E-state index is -1.28. The molecule has 7 nitrogen and oxygen atoms in total. The fourth-order valence-corrected chi connectivity index (χ4v) is 3.66. The van der Waals surface area contributed by atoms with E-state index in [0.29, 0.717) is 24.0 Å². The van der Waals surface area contributed by atoms with E-state index < -0.39 is 23.9 Å². The number of aliphatic carboxylic acids is 1. The summed E-state index contributed by atoms with van der Waals surface area (Å²) >= 11 is 12.7. The van der Waals surface area contributed by atoms with Crippen LogP contribution < -0.4 is 10.5 Å². The van der Waals surface area contributed by atoms with Crippen molar-refractivity contribution < 1.29 is 29.3 Å². The molecular weight excluding hydrogens is 409 g/mol. The number of carbonyl (C=O) groups is 3. The third-order valence-corrected chi connectivity index (χ3v) is 5.60. The number of allylic oxidation sites excluding steroid dienone is 2. The quantitative estimate of drug-likeness (QED) is 0.545. The zero-order valence-electron chi connectivity index (χ0n) is 15.2. The maximum Gasteiger partial charge on any atom is 0.344 e. The van der Waals surface area contributed by atoms with E-state index in [4.69, 9.17) is 43.9 Å². The van der Waals surface area contributed by atoms with Crippen molar-refractivity contribution in [2.45, 2.75) is 32.3 Å². The van der Waals surface area contributed by atoms with Crippen LogP contribution in [0.15, 0.2) is 18.2 Å². The number of carboxylic acid groups (broad SMARTS) is 1. The average molecular weight is 430 g/mol. The van der Waals surface area contributed by atoms with E-state index in [0.717, 1.165) is 0 Å². The SMILES string of the molecule is CCC1CC(C(N)=O)C(=O)C=C1c1ccc(OC(CCO)C(=O)O)c(Cl)c1Cl. The molecule has 2 rings (SSSR count). The summed E-state index contributed by atoms with van der Waals surface area (Å²) in [7, 11) is 0. The molecule has 1 aromatic rings. The maximum atomic E-state index is 12.3. The Labute approximate surface area is 172 Å². The van der Waals surface area contributed by atoms with Crippen LogP contribution in [0.4, 0.5) is 0 Å². The minimum Gasteiger partial charge on any atom is -0.479 e. The number of halogens is 2. The Morgan fingerprint density at radius 2 is 2.00 bits per heavy atom. The number of aliphatic hydroxyl groups is 1. The summed E-state index contributed by atoms with van der Waals surface area (Å²) in [6.45, 7) is 1.56. The molecule has 4 N–H and O–H groups in total. The Morgan fingerprint density at radius 3 is 2.54 bits per heavy atom. The van der Waals surface area contributed by atoms with Crippen LogP contribution in [0.5, 0.6) is 5.75 Å². The fourth-order valence-electron chi connectivity index (χ4n) is 3.19. The highest BCUT2D eigenvalue weighted by Gasteiger charge is 2.34. The Bertz CT molecular complexity index is 823. The fraction of sp³-hybridized carbons (Fsp3) is 0.421. The van der Waals surface area contributed by atoms with Crippen molar-refractivity contribution in [3.8, 4) is 5.75 Å². The van der Waals surface area contributed by atoms with E-state index in [9.17, 15) is 14.4 Å². The second kappa shape index (κ2) is 9.41. The van der Waals surface area contributed by atoms with Crippen LogP contribution in [-0.4, -0.2) is 40.6 Å². The molecule has 0 spiro atoms. The number of benzene rings is 1. The molecular formula is C19H21Cl2NO6. The van der Waals surface area contributed by atoms with Crippen molar-refractivity contribution >= 4 is 46.4 Å². The molecule has 0 heterocycles. The molecule has 3 atom stereocenters. The predicted molar refractivity (Wildman–Crippen MR) is 104 cm³/mol. The smallest absolute Gasteiger partial charge is 0.344 e. The van der Waals surface area contributed by atoms with Crippen molar-refractivity contribution in [2.75, 3.05) is 6.61 Å². The Balaban J connectivity index is 2.41. The van der Waals surface area contributed by atoms with Crippen molar-refractivity contribution in [1.29, 1.82) is 0 Å². The maximum absolute atomic E-state index is 12.3. The largest absolute Gasteiger partial charge is 0.479 e. The standard InChI is InChI=1S/C19H21Cl2NO6/c1-2-9-7-12(18(22)25)13(24)8-11(9)10-3-4-14(17(21)16(10)20)28-15(5-6-23)19(26)27/h3-4,8-9,12,15,23H,2,5-7H2,1H3,(H2,22,25)(H,26,27). The molecule has 1 aliphatic rings.